The van der Waals surface area contributed by atoms with Crippen LogP contribution in [0.5, 0.6) is 11.5 Å². The highest BCUT2D eigenvalue weighted by Crippen LogP contribution is 2.13. The molecule has 0 fully saturated rings. The molecule has 2 rings (SSSR count). The van der Waals surface area contributed by atoms with Crippen molar-refractivity contribution in [2.24, 2.45) is 5.73 Å². The molecule has 0 saturated carbocycles. The summed E-state index contributed by atoms with van der Waals surface area (Å²) < 4.78 is 0. The second-order valence-electron chi connectivity index (χ2n) is 6.99. The van der Waals surface area contributed by atoms with Crippen LogP contribution in [0.15, 0.2) is 48.5 Å². The summed E-state index contributed by atoms with van der Waals surface area (Å²) in [7, 11) is 0. The topological polar surface area (TPSA) is 162 Å². The van der Waals surface area contributed by atoms with Crippen LogP contribution in [-0.2, 0) is 27.2 Å². The lowest BCUT2D eigenvalue weighted by atomic mass is 10.0. The van der Waals surface area contributed by atoms with Crippen molar-refractivity contribution in [2.45, 2.75) is 31.0 Å². The highest BCUT2D eigenvalue weighted by molar-refractivity contribution is 7.80. The Morgan fingerprint density at radius 3 is 1.65 bits per heavy atom. The monoisotopic (exact) mass is 447 g/mol. The predicted molar refractivity (Wildman–Crippen MR) is 117 cm³/mol. The van der Waals surface area contributed by atoms with Crippen molar-refractivity contribution in [3.05, 3.63) is 59.7 Å². The molecule has 2 aromatic rings. The highest BCUT2D eigenvalue weighted by Gasteiger charge is 2.28. The average Bonchev–Trinajstić information content (AvgIpc) is 2.74. The summed E-state index contributed by atoms with van der Waals surface area (Å²) in [5.41, 5.74) is 6.91. The lowest BCUT2D eigenvalue weighted by Crippen LogP contribution is -2.55. The van der Waals surface area contributed by atoms with Gasteiger partial charge in [-0.1, -0.05) is 24.3 Å². The molecule has 0 bridgehead atoms. The molecule has 3 atom stereocenters. The smallest absolute Gasteiger partial charge is 0.326 e. The number of aromatic hydroxyl groups is 2. The van der Waals surface area contributed by atoms with E-state index in [-0.39, 0.29) is 30.1 Å². The predicted octanol–water partition coefficient (Wildman–Crippen LogP) is 0.194. The number of phenolic OH excluding ortho intramolecular Hbond substituents is 2. The summed E-state index contributed by atoms with van der Waals surface area (Å²) >= 11 is 3.97. The van der Waals surface area contributed by atoms with Gasteiger partial charge in [-0.05, 0) is 35.4 Å². The number of carboxylic acid groups (broad SMARTS) is 1. The molecule has 31 heavy (non-hydrogen) atoms. The van der Waals surface area contributed by atoms with E-state index in [9.17, 15) is 29.7 Å². The zero-order valence-electron chi connectivity index (χ0n) is 16.6. The highest BCUT2D eigenvalue weighted by atomic mass is 32.1. The van der Waals surface area contributed by atoms with E-state index in [0.29, 0.717) is 11.1 Å². The van der Waals surface area contributed by atoms with E-state index in [1.165, 1.54) is 24.3 Å². The molecule has 166 valence electrons. The minimum absolute atomic E-state index is 0.0165. The lowest BCUT2D eigenvalue weighted by Gasteiger charge is -2.23. The van der Waals surface area contributed by atoms with Gasteiger partial charge in [-0.25, -0.2) is 4.79 Å². The van der Waals surface area contributed by atoms with Gasteiger partial charge >= 0.3 is 5.97 Å². The Bertz CT molecular complexity index is 904. The van der Waals surface area contributed by atoms with Crippen LogP contribution in [0.3, 0.4) is 0 Å². The van der Waals surface area contributed by atoms with Crippen LogP contribution >= 0.6 is 12.6 Å². The molecule has 0 aromatic heterocycles. The van der Waals surface area contributed by atoms with Crippen LogP contribution in [0.1, 0.15) is 11.1 Å². The fraction of sp³-hybridized carbons (Fsp3) is 0.286. The number of aliphatic carboxylic acids is 1. The maximum absolute atomic E-state index is 12.9. The molecule has 0 radical (unpaired) electrons. The summed E-state index contributed by atoms with van der Waals surface area (Å²) in [4.78, 5) is 36.8. The van der Waals surface area contributed by atoms with E-state index in [1.807, 2.05) is 0 Å². The van der Waals surface area contributed by atoms with Crippen molar-refractivity contribution in [1.82, 2.24) is 10.6 Å². The first kappa shape index (κ1) is 24.0. The molecule has 0 aliphatic heterocycles. The van der Waals surface area contributed by atoms with Crippen molar-refractivity contribution < 1.29 is 29.7 Å². The zero-order chi connectivity index (χ0) is 23.0. The van der Waals surface area contributed by atoms with Crippen LogP contribution in [0.4, 0.5) is 0 Å². The van der Waals surface area contributed by atoms with Crippen LogP contribution < -0.4 is 16.4 Å². The van der Waals surface area contributed by atoms with E-state index >= 15 is 0 Å². The number of carbonyl (C=O) groups is 3. The minimum atomic E-state index is -1.25. The van der Waals surface area contributed by atoms with Gasteiger partial charge in [0.1, 0.15) is 23.6 Å². The molecule has 0 saturated heterocycles. The molecule has 0 aliphatic carbocycles. The molecule has 0 unspecified atom stereocenters. The van der Waals surface area contributed by atoms with Crippen molar-refractivity contribution in [3.63, 3.8) is 0 Å². The first-order valence-corrected chi connectivity index (χ1v) is 10.1. The van der Waals surface area contributed by atoms with Crippen LogP contribution in [0.2, 0.25) is 0 Å². The Morgan fingerprint density at radius 2 is 1.23 bits per heavy atom. The van der Waals surface area contributed by atoms with Crippen molar-refractivity contribution in [3.8, 4) is 11.5 Å². The minimum Gasteiger partial charge on any atom is -0.508 e. The second kappa shape index (κ2) is 11.2. The molecule has 0 spiro atoms. The van der Waals surface area contributed by atoms with E-state index in [4.69, 9.17) is 5.73 Å². The number of hydrogen-bond acceptors (Lipinski definition) is 7. The van der Waals surface area contributed by atoms with Gasteiger partial charge in [-0.2, -0.15) is 12.6 Å². The summed E-state index contributed by atoms with van der Waals surface area (Å²) in [6.07, 6.45) is 0.0417. The number of nitrogens with two attached hydrogens (primary N) is 1. The number of carboxylic acids is 1. The van der Waals surface area contributed by atoms with Gasteiger partial charge < -0.3 is 31.7 Å². The van der Waals surface area contributed by atoms with Gasteiger partial charge in [-0.15, -0.1) is 0 Å². The van der Waals surface area contributed by atoms with Gasteiger partial charge in [0.2, 0.25) is 11.8 Å². The largest absolute Gasteiger partial charge is 0.508 e. The van der Waals surface area contributed by atoms with Crippen molar-refractivity contribution in [1.29, 1.82) is 0 Å². The zero-order valence-corrected chi connectivity index (χ0v) is 17.5. The Labute approximate surface area is 184 Å². The van der Waals surface area contributed by atoms with E-state index in [2.05, 4.69) is 23.3 Å². The number of benzene rings is 2. The Kier molecular flexibility index (Phi) is 8.71. The van der Waals surface area contributed by atoms with Gasteiger partial charge in [-0.3, -0.25) is 9.59 Å². The van der Waals surface area contributed by atoms with Gasteiger partial charge in [0, 0.05) is 18.6 Å². The lowest BCUT2D eigenvalue weighted by molar-refractivity contribution is -0.142. The third-order valence-corrected chi connectivity index (χ3v) is 4.93. The number of nitrogens with one attached hydrogen (secondary N) is 2. The number of rotatable bonds is 10. The standard InChI is InChI=1S/C21H25N3O6S/c22-16(11-31)19(27)23-17(9-12-1-5-14(25)6-2-12)20(28)24-18(21(29)30)10-13-3-7-15(26)8-4-13/h1-8,16-18,25-26,31H,9-11,22H2,(H,23,27)(H,24,28)(H,29,30)/t16-,17+,18+/m0/s1. The van der Waals surface area contributed by atoms with E-state index in [1.54, 1.807) is 24.3 Å². The number of phenols is 2. The quantitative estimate of drug-likeness (QED) is 0.256. The maximum Gasteiger partial charge on any atom is 0.326 e. The first-order chi connectivity index (χ1) is 14.7. The molecule has 2 aromatic carbocycles. The molecule has 7 N–H and O–H groups in total. The summed E-state index contributed by atoms with van der Waals surface area (Å²) in [5, 5.41) is 33.3. The molecule has 10 heteroatoms. The Hall–Kier alpha value is -3.24. The molecule has 9 nitrogen and oxygen atoms in total. The van der Waals surface area contributed by atoms with Crippen molar-refractivity contribution >= 4 is 30.4 Å². The Morgan fingerprint density at radius 1 is 0.806 bits per heavy atom. The molecular formula is C21H25N3O6S. The number of amides is 2. The van der Waals surface area contributed by atoms with Crippen LogP contribution in [0.25, 0.3) is 0 Å². The Balaban J connectivity index is 2.17. The molecule has 2 amide bonds. The van der Waals surface area contributed by atoms with Gasteiger partial charge in [0.15, 0.2) is 0 Å². The fourth-order valence-electron chi connectivity index (χ4n) is 2.78. The number of hydrogen-bond donors (Lipinski definition) is 7. The van der Waals surface area contributed by atoms with Crippen LogP contribution in [-0.4, -0.2) is 57.0 Å². The third kappa shape index (κ3) is 7.50. The first-order valence-electron chi connectivity index (χ1n) is 9.45. The normalized spacial score (nSPS) is 13.6. The summed E-state index contributed by atoms with van der Waals surface area (Å²) in [6, 6.07) is 8.72. The second-order valence-corrected chi connectivity index (χ2v) is 7.36. The maximum atomic E-state index is 12.9. The van der Waals surface area contributed by atoms with Crippen molar-refractivity contribution in [2.75, 3.05) is 5.75 Å². The van der Waals surface area contributed by atoms with Gasteiger partial charge in [0.05, 0.1) is 6.04 Å². The summed E-state index contributed by atoms with van der Waals surface area (Å²) in [6.45, 7) is 0. The van der Waals surface area contributed by atoms with Crippen LogP contribution in [0, 0.1) is 0 Å². The van der Waals surface area contributed by atoms with E-state index < -0.39 is 35.9 Å². The number of thiol groups is 1. The SMILES string of the molecule is N[C@@H](CS)C(=O)N[C@H](Cc1ccc(O)cc1)C(=O)N[C@H](Cc1ccc(O)cc1)C(=O)O. The number of carbonyl (C=O) groups excluding carboxylic acids is 2. The third-order valence-electron chi connectivity index (χ3n) is 4.53. The van der Waals surface area contributed by atoms with Gasteiger partial charge in [0.25, 0.3) is 0 Å². The fourth-order valence-corrected chi connectivity index (χ4v) is 2.94. The average molecular weight is 448 g/mol. The summed E-state index contributed by atoms with van der Waals surface area (Å²) in [5.74, 6) is -2.39. The van der Waals surface area contributed by atoms with E-state index in [0.717, 1.165) is 0 Å². The molecular weight excluding hydrogens is 422 g/mol. The molecule has 0 aliphatic rings. The molecule has 0 heterocycles.